The molecule has 1 aromatic carbocycles. The van der Waals surface area contributed by atoms with Gasteiger partial charge in [0.15, 0.2) is 0 Å². The molecule has 0 saturated carbocycles. The molecule has 22 heavy (non-hydrogen) atoms. The Morgan fingerprint density at radius 1 is 1.27 bits per heavy atom. The number of rotatable bonds is 3. The summed E-state index contributed by atoms with van der Waals surface area (Å²) >= 11 is 0. The summed E-state index contributed by atoms with van der Waals surface area (Å²) < 4.78 is 10.7. The molecule has 1 saturated heterocycles. The average Bonchev–Trinajstić information content (AvgIpc) is 3.00. The predicted octanol–water partition coefficient (Wildman–Crippen LogP) is 2.66. The van der Waals surface area contributed by atoms with E-state index in [1.807, 2.05) is 30.3 Å². The molecule has 2 aliphatic rings. The quantitative estimate of drug-likeness (QED) is 0.805. The van der Waals surface area contributed by atoms with Crippen LogP contribution in [0.1, 0.15) is 24.8 Å². The van der Waals surface area contributed by atoms with Gasteiger partial charge in [0.25, 0.3) is 0 Å². The Labute approximate surface area is 129 Å². The molecule has 0 bridgehead atoms. The van der Waals surface area contributed by atoms with Gasteiger partial charge in [0, 0.05) is 12.6 Å². The lowest BCUT2D eigenvalue weighted by atomic mass is 9.98. The highest BCUT2D eigenvalue weighted by atomic mass is 16.6. The van der Waals surface area contributed by atoms with E-state index in [9.17, 15) is 9.59 Å². The molecule has 1 amide bonds. The Bertz CT molecular complexity index is 569. The zero-order valence-electron chi connectivity index (χ0n) is 12.3. The van der Waals surface area contributed by atoms with Crippen molar-refractivity contribution in [1.29, 1.82) is 0 Å². The third kappa shape index (κ3) is 3.30. The highest BCUT2D eigenvalue weighted by molar-refractivity contribution is 5.84. The summed E-state index contributed by atoms with van der Waals surface area (Å²) in [5, 5.41) is 0. The number of piperidine rings is 1. The molecule has 2 atom stereocenters. The van der Waals surface area contributed by atoms with E-state index in [-0.39, 0.29) is 30.8 Å². The fourth-order valence-corrected chi connectivity index (χ4v) is 2.92. The number of hydrogen-bond acceptors (Lipinski definition) is 4. The van der Waals surface area contributed by atoms with Crippen molar-refractivity contribution in [2.24, 2.45) is 0 Å². The summed E-state index contributed by atoms with van der Waals surface area (Å²) in [6.07, 6.45) is 5.25. The Kier molecular flexibility index (Phi) is 4.42. The largest absolute Gasteiger partial charge is 0.453 e. The second kappa shape index (κ2) is 6.64. The summed E-state index contributed by atoms with van der Waals surface area (Å²) in [5.74, 6) is -0.340. The Morgan fingerprint density at radius 3 is 2.82 bits per heavy atom. The average molecular weight is 301 g/mol. The van der Waals surface area contributed by atoms with E-state index >= 15 is 0 Å². The number of likely N-dealkylation sites (tertiary alicyclic amines) is 1. The molecule has 2 heterocycles. The Morgan fingerprint density at radius 2 is 2.09 bits per heavy atom. The first-order valence-corrected chi connectivity index (χ1v) is 7.60. The third-order valence-electron chi connectivity index (χ3n) is 4.04. The van der Waals surface area contributed by atoms with Gasteiger partial charge in [-0.3, -0.25) is 0 Å². The number of carbonyl (C=O) groups is 2. The smallest absolute Gasteiger partial charge is 0.410 e. The number of ether oxygens (including phenoxy) is 2. The minimum absolute atomic E-state index is 0.125. The van der Waals surface area contributed by atoms with Crippen LogP contribution in [0.4, 0.5) is 4.79 Å². The lowest BCUT2D eigenvalue weighted by Crippen LogP contribution is -2.49. The van der Waals surface area contributed by atoms with E-state index in [2.05, 4.69) is 0 Å². The third-order valence-corrected chi connectivity index (χ3v) is 4.04. The van der Waals surface area contributed by atoms with Crippen LogP contribution in [0.25, 0.3) is 0 Å². The minimum atomic E-state index is -0.350. The molecule has 1 aromatic rings. The zero-order chi connectivity index (χ0) is 15.4. The van der Waals surface area contributed by atoms with E-state index in [0.717, 1.165) is 24.8 Å². The zero-order valence-corrected chi connectivity index (χ0v) is 12.3. The maximum absolute atomic E-state index is 12.4. The van der Waals surface area contributed by atoms with Crippen LogP contribution in [0.5, 0.6) is 0 Å². The van der Waals surface area contributed by atoms with Gasteiger partial charge in [-0.05, 0) is 30.9 Å². The van der Waals surface area contributed by atoms with Crippen LogP contribution in [-0.2, 0) is 20.9 Å². The van der Waals surface area contributed by atoms with Gasteiger partial charge in [-0.15, -0.1) is 0 Å². The van der Waals surface area contributed by atoms with Crippen molar-refractivity contribution >= 4 is 12.1 Å². The van der Waals surface area contributed by atoms with E-state index in [1.165, 1.54) is 6.08 Å². The lowest BCUT2D eigenvalue weighted by Gasteiger charge is -2.37. The van der Waals surface area contributed by atoms with Crippen molar-refractivity contribution in [3.05, 3.63) is 48.0 Å². The van der Waals surface area contributed by atoms with Gasteiger partial charge in [-0.25, -0.2) is 9.59 Å². The molecule has 116 valence electrons. The van der Waals surface area contributed by atoms with Gasteiger partial charge >= 0.3 is 12.1 Å². The van der Waals surface area contributed by atoms with Crippen LogP contribution in [-0.4, -0.2) is 35.7 Å². The minimum Gasteiger partial charge on any atom is -0.453 e. The van der Waals surface area contributed by atoms with Gasteiger partial charge in [0.1, 0.15) is 12.7 Å². The van der Waals surface area contributed by atoms with Crippen molar-refractivity contribution < 1.29 is 19.1 Å². The molecule has 0 radical (unpaired) electrons. The van der Waals surface area contributed by atoms with E-state index in [4.69, 9.17) is 9.47 Å². The molecule has 5 heteroatoms. The summed E-state index contributed by atoms with van der Waals surface area (Å²) in [5.41, 5.74) is 0.955. The fourth-order valence-electron chi connectivity index (χ4n) is 2.92. The number of hydrogen-bond donors (Lipinski definition) is 0. The molecule has 0 aliphatic carbocycles. The predicted molar refractivity (Wildman–Crippen MR) is 80.0 cm³/mol. The fraction of sp³-hybridized carbons (Fsp3) is 0.412. The van der Waals surface area contributed by atoms with Crippen molar-refractivity contribution in [3.8, 4) is 0 Å². The molecule has 1 fully saturated rings. The lowest BCUT2D eigenvalue weighted by molar-refractivity contribution is -0.141. The van der Waals surface area contributed by atoms with Crippen LogP contribution in [0.3, 0.4) is 0 Å². The summed E-state index contributed by atoms with van der Waals surface area (Å²) in [7, 11) is 0. The highest BCUT2D eigenvalue weighted by Gasteiger charge is 2.36. The van der Waals surface area contributed by atoms with Gasteiger partial charge < -0.3 is 14.4 Å². The second-order valence-electron chi connectivity index (χ2n) is 5.56. The first-order valence-electron chi connectivity index (χ1n) is 7.60. The first-order chi connectivity index (χ1) is 10.7. The maximum Gasteiger partial charge on any atom is 0.410 e. The maximum atomic E-state index is 12.4. The van der Waals surface area contributed by atoms with Crippen molar-refractivity contribution in [3.63, 3.8) is 0 Å². The number of carbonyl (C=O) groups excluding carboxylic acids is 2. The van der Waals surface area contributed by atoms with Gasteiger partial charge in [0.2, 0.25) is 0 Å². The standard InChI is InChI=1S/C17H19NO4/c19-16-10-9-15(22-16)14-8-4-5-11-18(14)17(20)21-12-13-6-2-1-3-7-13/h1-3,6-7,9-10,14-15H,4-5,8,11-12H2/t14-,15+/m1/s1. The van der Waals surface area contributed by atoms with Crippen LogP contribution in [0.2, 0.25) is 0 Å². The molecular formula is C17H19NO4. The molecule has 0 unspecified atom stereocenters. The molecule has 0 N–H and O–H groups in total. The first kappa shape index (κ1) is 14.6. The van der Waals surface area contributed by atoms with Crippen LogP contribution in [0, 0.1) is 0 Å². The summed E-state index contributed by atoms with van der Waals surface area (Å²) in [6.45, 7) is 0.892. The molecule has 5 nitrogen and oxygen atoms in total. The summed E-state index contributed by atoms with van der Waals surface area (Å²) in [4.78, 5) is 25.3. The van der Waals surface area contributed by atoms with Gasteiger partial charge in [-0.2, -0.15) is 0 Å². The Balaban J connectivity index is 1.61. The van der Waals surface area contributed by atoms with Gasteiger partial charge in [0.05, 0.1) is 6.04 Å². The van der Waals surface area contributed by atoms with Gasteiger partial charge in [-0.1, -0.05) is 30.3 Å². The molecular weight excluding hydrogens is 282 g/mol. The van der Waals surface area contributed by atoms with E-state index in [1.54, 1.807) is 11.0 Å². The number of benzene rings is 1. The van der Waals surface area contributed by atoms with Crippen molar-refractivity contribution in [2.75, 3.05) is 6.54 Å². The van der Waals surface area contributed by atoms with Crippen LogP contribution < -0.4 is 0 Å². The van der Waals surface area contributed by atoms with E-state index < -0.39 is 0 Å². The second-order valence-corrected chi connectivity index (χ2v) is 5.56. The molecule has 0 spiro atoms. The monoisotopic (exact) mass is 301 g/mol. The topological polar surface area (TPSA) is 55.8 Å². The number of amides is 1. The van der Waals surface area contributed by atoms with Crippen LogP contribution in [0.15, 0.2) is 42.5 Å². The summed E-state index contributed by atoms with van der Waals surface area (Å²) in [6, 6.07) is 9.46. The SMILES string of the molecule is O=C1C=C[C@@H]([C@H]2CCCCN2C(=O)OCc2ccccc2)O1. The molecule has 3 rings (SSSR count). The van der Waals surface area contributed by atoms with Crippen molar-refractivity contribution in [2.45, 2.75) is 38.0 Å². The number of esters is 1. The number of nitrogens with zero attached hydrogens (tertiary/aromatic N) is 1. The highest BCUT2D eigenvalue weighted by Crippen LogP contribution is 2.25. The van der Waals surface area contributed by atoms with Crippen molar-refractivity contribution in [1.82, 2.24) is 4.90 Å². The normalized spacial score (nSPS) is 24.2. The van der Waals surface area contributed by atoms with Crippen LogP contribution >= 0.6 is 0 Å². The Hall–Kier alpha value is -2.30. The number of cyclic esters (lactones) is 1. The van der Waals surface area contributed by atoms with E-state index in [0.29, 0.717) is 6.54 Å². The molecule has 0 aromatic heterocycles. The molecule has 2 aliphatic heterocycles.